The molecule has 0 atom stereocenters. The number of halogens is 1. The third-order valence-electron chi connectivity index (χ3n) is 5.30. The highest BCUT2D eigenvalue weighted by Crippen LogP contribution is 2.27. The van der Waals surface area contributed by atoms with Crippen LogP contribution < -0.4 is 15.0 Å². The molecule has 0 aromatic heterocycles. The third-order valence-corrected chi connectivity index (χ3v) is 5.30. The number of hydrogen-bond acceptors (Lipinski definition) is 4. The number of carbonyl (C=O) groups is 3. The van der Waals surface area contributed by atoms with Crippen molar-refractivity contribution in [2.75, 3.05) is 12.0 Å². The van der Waals surface area contributed by atoms with Crippen LogP contribution in [0, 0.1) is 12.7 Å². The Morgan fingerprint density at radius 1 is 1.00 bits per heavy atom. The number of rotatable bonds is 5. The molecular weight excluding hydrogens is 423 g/mol. The van der Waals surface area contributed by atoms with Crippen LogP contribution in [0.1, 0.15) is 22.3 Å². The summed E-state index contributed by atoms with van der Waals surface area (Å²) in [5.41, 5.74) is 3.32. The lowest BCUT2D eigenvalue weighted by atomic mass is 10.0. The molecule has 166 valence electrons. The molecule has 4 rings (SSSR count). The van der Waals surface area contributed by atoms with E-state index in [0.717, 1.165) is 21.6 Å². The van der Waals surface area contributed by atoms with Crippen molar-refractivity contribution in [2.24, 2.45) is 0 Å². The molecule has 1 fully saturated rings. The molecule has 4 amide bonds. The first-order valence-corrected chi connectivity index (χ1v) is 10.2. The molecule has 1 aliphatic heterocycles. The zero-order valence-corrected chi connectivity index (χ0v) is 18.1. The summed E-state index contributed by atoms with van der Waals surface area (Å²) in [7, 11) is 1.51. The molecule has 6 nitrogen and oxygen atoms in total. The lowest BCUT2D eigenvalue weighted by molar-refractivity contribution is -0.122. The molecule has 3 aromatic rings. The molecule has 33 heavy (non-hydrogen) atoms. The van der Waals surface area contributed by atoms with Gasteiger partial charge in [0.25, 0.3) is 11.8 Å². The first kappa shape index (κ1) is 22.0. The molecule has 0 bridgehead atoms. The van der Waals surface area contributed by atoms with E-state index in [-0.39, 0.29) is 11.4 Å². The standard InChI is InChI=1S/C26H21FN2O4/c1-16-6-10-21(11-7-16)29-25(31)22(24(30)28-26(29)32)14-18-8-9-19(23(15-18)33-2)12-17-4-3-5-20(27)13-17/h3-11,13-15H,12H2,1-2H3,(H,28,30,32)/b22-14+. The van der Waals surface area contributed by atoms with Crippen molar-refractivity contribution in [1.82, 2.24) is 5.32 Å². The maximum atomic E-state index is 13.5. The molecule has 7 heteroatoms. The number of barbiturate groups is 1. The van der Waals surface area contributed by atoms with E-state index in [1.807, 2.05) is 13.0 Å². The fourth-order valence-corrected chi connectivity index (χ4v) is 3.62. The summed E-state index contributed by atoms with van der Waals surface area (Å²) in [6.45, 7) is 1.89. The van der Waals surface area contributed by atoms with Gasteiger partial charge >= 0.3 is 6.03 Å². The Hall–Kier alpha value is -4.26. The zero-order valence-electron chi connectivity index (χ0n) is 18.1. The molecule has 1 saturated heterocycles. The summed E-state index contributed by atoms with van der Waals surface area (Å²) in [5, 5.41) is 2.21. The highest BCUT2D eigenvalue weighted by atomic mass is 19.1. The van der Waals surface area contributed by atoms with Crippen molar-refractivity contribution in [3.8, 4) is 5.75 Å². The molecule has 1 N–H and O–H groups in total. The van der Waals surface area contributed by atoms with Crippen LogP contribution in [0.25, 0.3) is 6.08 Å². The van der Waals surface area contributed by atoms with Crippen LogP contribution in [0.3, 0.4) is 0 Å². The molecule has 0 spiro atoms. The van der Waals surface area contributed by atoms with E-state index in [4.69, 9.17) is 4.74 Å². The summed E-state index contributed by atoms with van der Waals surface area (Å²) in [6, 6.07) is 17.6. The van der Waals surface area contributed by atoms with Gasteiger partial charge in [0.2, 0.25) is 0 Å². The average molecular weight is 444 g/mol. The monoisotopic (exact) mass is 444 g/mol. The van der Waals surface area contributed by atoms with Crippen molar-refractivity contribution in [3.63, 3.8) is 0 Å². The number of aryl methyl sites for hydroxylation is 1. The Bertz CT molecular complexity index is 1280. The van der Waals surface area contributed by atoms with Crippen LogP contribution in [0.4, 0.5) is 14.9 Å². The van der Waals surface area contributed by atoms with E-state index in [2.05, 4.69) is 5.32 Å². The maximum absolute atomic E-state index is 13.5. The van der Waals surface area contributed by atoms with Crippen LogP contribution in [0.2, 0.25) is 0 Å². The number of imide groups is 2. The van der Waals surface area contributed by atoms with E-state index >= 15 is 0 Å². The summed E-state index contributed by atoms with van der Waals surface area (Å²) in [6.07, 6.45) is 1.87. The highest BCUT2D eigenvalue weighted by Gasteiger charge is 2.36. The largest absolute Gasteiger partial charge is 0.496 e. The number of nitrogens with zero attached hydrogens (tertiary/aromatic N) is 1. The quantitative estimate of drug-likeness (QED) is 0.468. The van der Waals surface area contributed by atoms with Gasteiger partial charge in [-0.2, -0.15) is 0 Å². The average Bonchev–Trinajstić information content (AvgIpc) is 2.78. The summed E-state index contributed by atoms with van der Waals surface area (Å²) >= 11 is 0. The number of ether oxygens (including phenoxy) is 1. The minimum absolute atomic E-state index is 0.171. The second-order valence-corrected chi connectivity index (χ2v) is 7.67. The molecule has 1 aliphatic rings. The number of anilines is 1. The number of amides is 4. The van der Waals surface area contributed by atoms with Crippen molar-refractivity contribution in [1.29, 1.82) is 0 Å². The smallest absolute Gasteiger partial charge is 0.335 e. The SMILES string of the molecule is COc1cc(/C=C2\C(=O)NC(=O)N(c3ccc(C)cc3)C2=O)ccc1Cc1cccc(F)c1. The Labute approximate surface area is 190 Å². The van der Waals surface area contributed by atoms with Gasteiger partial charge in [-0.3, -0.25) is 14.9 Å². The second kappa shape index (κ2) is 9.08. The van der Waals surface area contributed by atoms with Gasteiger partial charge in [-0.05, 0) is 60.0 Å². The van der Waals surface area contributed by atoms with E-state index in [0.29, 0.717) is 23.4 Å². The van der Waals surface area contributed by atoms with Crippen LogP contribution in [0.15, 0.2) is 72.3 Å². The lowest BCUT2D eigenvalue weighted by Gasteiger charge is -2.26. The van der Waals surface area contributed by atoms with Crippen LogP contribution in [-0.2, 0) is 16.0 Å². The topological polar surface area (TPSA) is 75.7 Å². The number of urea groups is 1. The number of hydrogen-bond donors (Lipinski definition) is 1. The molecule has 0 radical (unpaired) electrons. The van der Waals surface area contributed by atoms with Crippen molar-refractivity contribution < 1.29 is 23.5 Å². The van der Waals surface area contributed by atoms with Gasteiger partial charge in [0, 0.05) is 6.42 Å². The van der Waals surface area contributed by atoms with E-state index < -0.39 is 17.8 Å². The minimum atomic E-state index is -0.797. The third kappa shape index (κ3) is 4.67. The van der Waals surface area contributed by atoms with Crippen molar-refractivity contribution >= 4 is 29.6 Å². The zero-order chi connectivity index (χ0) is 23.5. The predicted molar refractivity (Wildman–Crippen MR) is 122 cm³/mol. The first-order valence-electron chi connectivity index (χ1n) is 10.2. The van der Waals surface area contributed by atoms with Gasteiger partial charge in [0.15, 0.2) is 0 Å². The minimum Gasteiger partial charge on any atom is -0.496 e. The van der Waals surface area contributed by atoms with Gasteiger partial charge in [-0.1, -0.05) is 42.0 Å². The van der Waals surface area contributed by atoms with Crippen LogP contribution >= 0.6 is 0 Å². The van der Waals surface area contributed by atoms with Gasteiger partial charge in [0.05, 0.1) is 12.8 Å². The number of nitrogens with one attached hydrogen (secondary N) is 1. The maximum Gasteiger partial charge on any atom is 0.335 e. The van der Waals surface area contributed by atoms with Gasteiger partial charge in [-0.25, -0.2) is 14.1 Å². The Balaban J connectivity index is 1.65. The number of carbonyl (C=O) groups excluding carboxylic acids is 3. The first-order chi connectivity index (χ1) is 15.9. The van der Waals surface area contributed by atoms with E-state index in [1.165, 1.54) is 25.3 Å². The summed E-state index contributed by atoms with van der Waals surface area (Å²) in [5.74, 6) is -1.27. The highest BCUT2D eigenvalue weighted by molar-refractivity contribution is 6.39. The molecular formula is C26H21FN2O4. The molecule has 0 saturated carbocycles. The number of methoxy groups -OCH3 is 1. The summed E-state index contributed by atoms with van der Waals surface area (Å²) < 4.78 is 19.0. The molecule has 1 heterocycles. The van der Waals surface area contributed by atoms with Crippen molar-refractivity contribution in [2.45, 2.75) is 13.3 Å². The molecule has 3 aromatic carbocycles. The molecule has 0 unspecified atom stereocenters. The lowest BCUT2D eigenvalue weighted by Crippen LogP contribution is -2.54. The van der Waals surface area contributed by atoms with Gasteiger partial charge in [-0.15, -0.1) is 0 Å². The Kier molecular flexibility index (Phi) is 6.04. The fourth-order valence-electron chi connectivity index (χ4n) is 3.62. The van der Waals surface area contributed by atoms with Crippen LogP contribution in [-0.4, -0.2) is 25.0 Å². The number of benzene rings is 3. The van der Waals surface area contributed by atoms with E-state index in [9.17, 15) is 18.8 Å². The van der Waals surface area contributed by atoms with Gasteiger partial charge < -0.3 is 4.74 Å². The predicted octanol–water partition coefficient (Wildman–Crippen LogP) is 4.40. The fraction of sp³-hybridized carbons (Fsp3) is 0.115. The van der Waals surface area contributed by atoms with E-state index in [1.54, 1.807) is 48.5 Å². The van der Waals surface area contributed by atoms with Crippen LogP contribution in [0.5, 0.6) is 5.75 Å². The Morgan fingerprint density at radius 2 is 1.76 bits per heavy atom. The van der Waals surface area contributed by atoms with Gasteiger partial charge in [0.1, 0.15) is 17.1 Å². The second-order valence-electron chi connectivity index (χ2n) is 7.67. The molecule has 0 aliphatic carbocycles. The van der Waals surface area contributed by atoms with Crippen molar-refractivity contribution in [3.05, 3.63) is 100 Å². The Morgan fingerprint density at radius 3 is 2.45 bits per heavy atom. The normalized spacial score (nSPS) is 15.1. The summed E-state index contributed by atoms with van der Waals surface area (Å²) in [4.78, 5) is 38.7.